The number of amides is 1. The Hall–Kier alpha value is -2.14. The van der Waals surface area contributed by atoms with Crippen LogP contribution in [0.3, 0.4) is 0 Å². The number of halogens is 2. The largest absolute Gasteiger partial charge is 0.398 e. The first-order chi connectivity index (χ1) is 8.58. The molecule has 2 aromatic rings. The molecule has 4 nitrogen and oxygen atoms in total. The van der Waals surface area contributed by atoms with Gasteiger partial charge in [-0.25, -0.2) is 4.39 Å². The van der Waals surface area contributed by atoms with Gasteiger partial charge in [-0.3, -0.25) is 9.78 Å². The number of carbonyl (C=O) groups is 1. The molecule has 1 amide bonds. The van der Waals surface area contributed by atoms with Gasteiger partial charge in [0.05, 0.1) is 22.5 Å². The summed E-state index contributed by atoms with van der Waals surface area (Å²) in [6.07, 6.45) is 2.32. The van der Waals surface area contributed by atoms with Crippen molar-refractivity contribution in [1.29, 1.82) is 0 Å². The molecule has 0 fully saturated rings. The Morgan fingerprint density at radius 2 is 2.17 bits per heavy atom. The molecule has 0 unspecified atom stereocenters. The third kappa shape index (κ3) is 2.57. The monoisotopic (exact) mass is 265 g/mol. The smallest absolute Gasteiger partial charge is 0.258 e. The summed E-state index contributed by atoms with van der Waals surface area (Å²) < 4.78 is 13.3. The van der Waals surface area contributed by atoms with Crippen molar-refractivity contribution in [3.8, 4) is 0 Å². The van der Waals surface area contributed by atoms with Crippen LogP contribution >= 0.6 is 11.6 Å². The van der Waals surface area contributed by atoms with Crippen LogP contribution in [-0.2, 0) is 0 Å². The van der Waals surface area contributed by atoms with E-state index in [4.69, 9.17) is 17.3 Å². The third-order valence-corrected chi connectivity index (χ3v) is 2.60. The molecule has 1 aromatic heterocycles. The van der Waals surface area contributed by atoms with Crippen LogP contribution in [-0.4, -0.2) is 10.9 Å². The lowest BCUT2D eigenvalue weighted by atomic mass is 10.2. The number of aromatic nitrogens is 1. The fourth-order valence-electron chi connectivity index (χ4n) is 1.36. The van der Waals surface area contributed by atoms with Crippen LogP contribution in [0.15, 0.2) is 36.7 Å². The van der Waals surface area contributed by atoms with Gasteiger partial charge in [0, 0.05) is 11.9 Å². The minimum Gasteiger partial charge on any atom is -0.398 e. The summed E-state index contributed by atoms with van der Waals surface area (Å²) in [6, 6.07) is 5.93. The molecule has 1 aromatic carbocycles. The molecule has 0 aliphatic rings. The van der Waals surface area contributed by atoms with Crippen molar-refractivity contribution < 1.29 is 9.18 Å². The van der Waals surface area contributed by atoms with Gasteiger partial charge >= 0.3 is 0 Å². The Labute approximate surface area is 108 Å². The van der Waals surface area contributed by atoms with Gasteiger partial charge in [0.25, 0.3) is 5.91 Å². The van der Waals surface area contributed by atoms with Gasteiger partial charge in [0.1, 0.15) is 0 Å². The molecule has 0 saturated carbocycles. The Bertz CT molecular complexity index is 604. The summed E-state index contributed by atoms with van der Waals surface area (Å²) in [7, 11) is 0. The van der Waals surface area contributed by atoms with Gasteiger partial charge in [0.15, 0.2) is 5.82 Å². The second-order valence-electron chi connectivity index (χ2n) is 3.55. The molecule has 0 aliphatic carbocycles. The van der Waals surface area contributed by atoms with E-state index in [2.05, 4.69) is 10.3 Å². The Kier molecular flexibility index (Phi) is 3.43. The molecule has 0 radical (unpaired) electrons. The van der Waals surface area contributed by atoms with Crippen molar-refractivity contribution in [3.63, 3.8) is 0 Å². The highest BCUT2D eigenvalue weighted by molar-refractivity contribution is 6.33. The fraction of sp³-hybridized carbons (Fsp3) is 0. The van der Waals surface area contributed by atoms with E-state index in [1.165, 1.54) is 18.3 Å². The summed E-state index contributed by atoms with van der Waals surface area (Å²) in [5.41, 5.74) is 6.30. The van der Waals surface area contributed by atoms with Crippen molar-refractivity contribution in [2.45, 2.75) is 0 Å². The van der Waals surface area contributed by atoms with Crippen LogP contribution in [0.1, 0.15) is 10.4 Å². The van der Waals surface area contributed by atoms with Crippen molar-refractivity contribution in [2.24, 2.45) is 0 Å². The quantitative estimate of drug-likeness (QED) is 0.821. The molecule has 0 atom stereocenters. The molecule has 18 heavy (non-hydrogen) atoms. The van der Waals surface area contributed by atoms with Gasteiger partial charge in [0.2, 0.25) is 0 Å². The van der Waals surface area contributed by atoms with Crippen LogP contribution in [0, 0.1) is 5.82 Å². The minimum atomic E-state index is -0.684. The first kappa shape index (κ1) is 12.3. The highest BCUT2D eigenvalue weighted by Gasteiger charge is 2.11. The molecule has 3 N–H and O–H groups in total. The van der Waals surface area contributed by atoms with E-state index in [1.54, 1.807) is 12.1 Å². The summed E-state index contributed by atoms with van der Waals surface area (Å²) >= 11 is 5.81. The van der Waals surface area contributed by atoms with Crippen LogP contribution in [0.4, 0.5) is 15.8 Å². The predicted molar refractivity (Wildman–Crippen MR) is 68.0 cm³/mol. The zero-order valence-corrected chi connectivity index (χ0v) is 9.91. The number of benzene rings is 1. The Balaban J connectivity index is 2.22. The molecule has 0 saturated heterocycles. The number of hydrogen-bond donors (Lipinski definition) is 2. The van der Waals surface area contributed by atoms with Crippen LogP contribution in [0.25, 0.3) is 0 Å². The highest BCUT2D eigenvalue weighted by atomic mass is 35.5. The fourth-order valence-corrected chi connectivity index (χ4v) is 1.54. The first-order valence-electron chi connectivity index (χ1n) is 5.04. The molecular weight excluding hydrogens is 257 g/mol. The number of hydrogen-bond acceptors (Lipinski definition) is 3. The van der Waals surface area contributed by atoms with Gasteiger partial charge in [-0.05, 0) is 24.3 Å². The van der Waals surface area contributed by atoms with E-state index in [-0.39, 0.29) is 5.56 Å². The van der Waals surface area contributed by atoms with Gasteiger partial charge in [-0.2, -0.15) is 0 Å². The van der Waals surface area contributed by atoms with Gasteiger partial charge in [-0.15, -0.1) is 0 Å². The van der Waals surface area contributed by atoms with Crippen molar-refractivity contribution in [2.75, 3.05) is 11.1 Å². The van der Waals surface area contributed by atoms with Crippen molar-refractivity contribution >= 4 is 28.9 Å². The molecule has 0 spiro atoms. The summed E-state index contributed by atoms with van der Waals surface area (Å²) in [4.78, 5) is 15.3. The zero-order valence-electron chi connectivity index (χ0n) is 9.15. The maximum absolute atomic E-state index is 13.3. The van der Waals surface area contributed by atoms with Crippen molar-refractivity contribution in [1.82, 2.24) is 4.98 Å². The van der Waals surface area contributed by atoms with E-state index < -0.39 is 11.7 Å². The molecule has 0 aliphatic heterocycles. The minimum absolute atomic E-state index is 0.0852. The molecule has 1 heterocycles. The summed E-state index contributed by atoms with van der Waals surface area (Å²) in [5.74, 6) is -1.26. The molecule has 92 valence electrons. The number of pyridine rings is 1. The summed E-state index contributed by atoms with van der Waals surface area (Å²) in [6.45, 7) is 0. The predicted octanol–water partition coefficient (Wildman–Crippen LogP) is 2.71. The first-order valence-corrected chi connectivity index (χ1v) is 5.41. The normalized spacial score (nSPS) is 10.1. The van der Waals surface area contributed by atoms with E-state index in [1.807, 2.05) is 0 Å². The van der Waals surface area contributed by atoms with Crippen molar-refractivity contribution in [3.05, 3.63) is 53.1 Å². The number of nitrogens with two attached hydrogens (primary N) is 1. The Morgan fingerprint density at radius 3 is 2.83 bits per heavy atom. The van der Waals surface area contributed by atoms with Crippen LogP contribution < -0.4 is 11.1 Å². The average Bonchev–Trinajstić information content (AvgIpc) is 2.34. The zero-order chi connectivity index (χ0) is 13.1. The number of nitrogen functional groups attached to an aromatic ring is 1. The van der Waals surface area contributed by atoms with E-state index in [0.29, 0.717) is 16.4 Å². The second kappa shape index (κ2) is 5.01. The number of nitrogens with zero attached hydrogens (tertiary/aromatic N) is 1. The lowest BCUT2D eigenvalue weighted by Gasteiger charge is -2.07. The lowest BCUT2D eigenvalue weighted by molar-refractivity contribution is 0.102. The van der Waals surface area contributed by atoms with E-state index in [9.17, 15) is 9.18 Å². The van der Waals surface area contributed by atoms with Gasteiger partial charge < -0.3 is 11.1 Å². The van der Waals surface area contributed by atoms with E-state index >= 15 is 0 Å². The highest BCUT2D eigenvalue weighted by Crippen LogP contribution is 2.23. The van der Waals surface area contributed by atoms with E-state index in [0.717, 1.165) is 6.20 Å². The average molecular weight is 266 g/mol. The number of carbonyl (C=O) groups excluding carboxylic acids is 1. The topological polar surface area (TPSA) is 68.0 Å². The second-order valence-corrected chi connectivity index (χ2v) is 3.95. The molecular formula is C12H9ClFN3O. The van der Waals surface area contributed by atoms with Crippen LogP contribution in [0.5, 0.6) is 0 Å². The SMILES string of the molecule is Nc1ccc(NC(=O)c2ccncc2F)cc1Cl. The Morgan fingerprint density at radius 1 is 1.39 bits per heavy atom. The summed E-state index contributed by atoms with van der Waals surface area (Å²) in [5, 5.41) is 2.84. The molecule has 2 rings (SSSR count). The standard InChI is InChI=1S/C12H9ClFN3O/c13-9-5-7(1-2-11(9)15)17-12(18)8-3-4-16-6-10(8)14/h1-6H,15H2,(H,17,18). The third-order valence-electron chi connectivity index (χ3n) is 2.28. The molecule has 6 heteroatoms. The maximum atomic E-state index is 13.3. The maximum Gasteiger partial charge on any atom is 0.258 e. The number of nitrogens with one attached hydrogen (secondary N) is 1. The van der Waals surface area contributed by atoms with Gasteiger partial charge in [-0.1, -0.05) is 11.6 Å². The van der Waals surface area contributed by atoms with Crippen LogP contribution in [0.2, 0.25) is 5.02 Å². The number of rotatable bonds is 2. The molecule has 0 bridgehead atoms. The number of anilines is 2. The lowest BCUT2D eigenvalue weighted by Crippen LogP contribution is -2.13.